The molecular formula is C13H15ClN4O3. The van der Waals surface area contributed by atoms with Crippen LogP contribution in [0.25, 0.3) is 0 Å². The number of aliphatic hydroxyl groups excluding tert-OH is 1. The van der Waals surface area contributed by atoms with Gasteiger partial charge in [-0.25, -0.2) is 4.68 Å². The fraction of sp³-hybridized carbons (Fsp3) is 0.308. The van der Waals surface area contributed by atoms with Crippen LogP contribution in [-0.4, -0.2) is 39.7 Å². The van der Waals surface area contributed by atoms with Crippen LogP contribution in [0.4, 0.5) is 5.69 Å². The normalized spacial score (nSPS) is 10.4. The molecule has 2 aromatic rings. The van der Waals surface area contributed by atoms with Crippen molar-refractivity contribution in [2.24, 2.45) is 0 Å². The van der Waals surface area contributed by atoms with E-state index >= 15 is 0 Å². The Morgan fingerprint density at radius 1 is 1.52 bits per heavy atom. The van der Waals surface area contributed by atoms with Crippen molar-refractivity contribution in [2.75, 3.05) is 19.0 Å². The van der Waals surface area contributed by atoms with Gasteiger partial charge in [0, 0.05) is 24.2 Å². The van der Waals surface area contributed by atoms with E-state index in [1.807, 2.05) is 0 Å². The van der Waals surface area contributed by atoms with Crippen molar-refractivity contribution in [2.45, 2.75) is 13.0 Å². The number of aliphatic hydroxyl groups is 1. The second-order valence-corrected chi connectivity index (χ2v) is 4.71. The number of rotatable bonds is 6. The van der Waals surface area contributed by atoms with Crippen molar-refractivity contribution < 1.29 is 14.6 Å². The lowest BCUT2D eigenvalue weighted by atomic mass is 10.3. The largest absolute Gasteiger partial charge is 0.495 e. The average Bonchev–Trinajstić information content (AvgIpc) is 2.86. The molecule has 0 atom stereocenters. The number of benzene rings is 1. The zero-order valence-corrected chi connectivity index (χ0v) is 12.2. The number of amides is 1. The van der Waals surface area contributed by atoms with Crippen molar-refractivity contribution in [3.8, 4) is 5.75 Å². The number of halogens is 1. The molecule has 1 heterocycles. The van der Waals surface area contributed by atoms with Gasteiger partial charge in [-0.05, 0) is 18.2 Å². The van der Waals surface area contributed by atoms with Crippen molar-refractivity contribution in [3.63, 3.8) is 0 Å². The zero-order valence-electron chi connectivity index (χ0n) is 11.4. The van der Waals surface area contributed by atoms with Gasteiger partial charge >= 0.3 is 0 Å². The number of hydrogen-bond donors (Lipinski definition) is 2. The van der Waals surface area contributed by atoms with Gasteiger partial charge in [-0.1, -0.05) is 16.8 Å². The highest BCUT2D eigenvalue weighted by molar-refractivity contribution is 6.31. The minimum Gasteiger partial charge on any atom is -0.495 e. The summed E-state index contributed by atoms with van der Waals surface area (Å²) in [4.78, 5) is 12.0. The third kappa shape index (κ3) is 4.17. The fourth-order valence-electron chi connectivity index (χ4n) is 1.76. The van der Waals surface area contributed by atoms with Crippen LogP contribution < -0.4 is 10.1 Å². The molecular weight excluding hydrogens is 296 g/mol. The standard InChI is InChI=1S/C13H15ClN4O3/c1-21-12-3-2-9(14)6-11(12)15-13(20)8-18-7-10(4-5-19)16-17-18/h2-3,6-7,19H,4-5,8H2,1H3,(H,15,20). The lowest BCUT2D eigenvalue weighted by molar-refractivity contribution is -0.116. The quantitative estimate of drug-likeness (QED) is 0.834. The Balaban J connectivity index is 2.02. The molecule has 0 saturated heterocycles. The maximum Gasteiger partial charge on any atom is 0.246 e. The molecule has 112 valence electrons. The minimum absolute atomic E-state index is 0.00803. The molecule has 0 fully saturated rings. The van der Waals surface area contributed by atoms with E-state index in [0.717, 1.165) is 0 Å². The lowest BCUT2D eigenvalue weighted by Crippen LogP contribution is -2.19. The van der Waals surface area contributed by atoms with Crippen LogP contribution in [-0.2, 0) is 17.8 Å². The summed E-state index contributed by atoms with van der Waals surface area (Å²) in [5, 5.41) is 19.7. The number of anilines is 1. The summed E-state index contributed by atoms with van der Waals surface area (Å²) in [6.45, 7) is -0.00129. The number of nitrogens with zero attached hydrogens (tertiary/aromatic N) is 3. The fourth-order valence-corrected chi connectivity index (χ4v) is 1.93. The summed E-state index contributed by atoms with van der Waals surface area (Å²) in [5.41, 5.74) is 1.12. The Hall–Kier alpha value is -2.12. The molecule has 2 N–H and O–H groups in total. The van der Waals surface area contributed by atoms with Gasteiger partial charge in [0.05, 0.1) is 18.5 Å². The smallest absolute Gasteiger partial charge is 0.246 e. The first kappa shape index (κ1) is 15.3. The number of aromatic nitrogens is 3. The first-order valence-corrected chi connectivity index (χ1v) is 6.63. The summed E-state index contributed by atoms with van der Waals surface area (Å²) in [6.07, 6.45) is 2.02. The Kier molecular flexibility index (Phi) is 5.13. The van der Waals surface area contributed by atoms with Crippen LogP contribution >= 0.6 is 11.6 Å². The molecule has 8 heteroatoms. The third-order valence-electron chi connectivity index (χ3n) is 2.70. The number of methoxy groups -OCH3 is 1. The maximum absolute atomic E-state index is 12.0. The number of nitrogens with one attached hydrogen (secondary N) is 1. The van der Waals surface area contributed by atoms with Crippen LogP contribution in [0.3, 0.4) is 0 Å². The first-order chi connectivity index (χ1) is 10.1. The Bertz CT molecular complexity index is 630. The van der Waals surface area contributed by atoms with Crippen molar-refractivity contribution in [1.82, 2.24) is 15.0 Å². The van der Waals surface area contributed by atoms with Crippen molar-refractivity contribution >= 4 is 23.2 Å². The van der Waals surface area contributed by atoms with Crippen LogP contribution in [0.5, 0.6) is 5.75 Å². The molecule has 1 aromatic carbocycles. The average molecular weight is 311 g/mol. The van der Waals surface area contributed by atoms with E-state index < -0.39 is 0 Å². The predicted molar refractivity (Wildman–Crippen MR) is 77.4 cm³/mol. The molecule has 0 unspecified atom stereocenters. The summed E-state index contributed by atoms with van der Waals surface area (Å²) in [7, 11) is 1.51. The monoisotopic (exact) mass is 310 g/mol. The molecule has 1 amide bonds. The van der Waals surface area contributed by atoms with Crippen LogP contribution in [0.2, 0.25) is 5.02 Å². The van der Waals surface area contributed by atoms with Gasteiger partial charge in [0.2, 0.25) is 5.91 Å². The predicted octanol–water partition coefficient (Wildman–Crippen LogP) is 1.11. The highest BCUT2D eigenvalue weighted by Gasteiger charge is 2.10. The summed E-state index contributed by atoms with van der Waals surface area (Å²) in [5.74, 6) is 0.239. The number of carbonyl (C=O) groups excluding carboxylic acids is 1. The van der Waals surface area contributed by atoms with E-state index in [4.69, 9.17) is 21.4 Å². The molecule has 0 aliphatic carbocycles. The van der Waals surface area contributed by atoms with Gasteiger partial charge in [-0.3, -0.25) is 4.79 Å². The topological polar surface area (TPSA) is 89.3 Å². The highest BCUT2D eigenvalue weighted by atomic mass is 35.5. The molecule has 0 aliphatic heterocycles. The zero-order chi connectivity index (χ0) is 15.2. The third-order valence-corrected chi connectivity index (χ3v) is 2.93. The molecule has 0 spiro atoms. The van der Waals surface area contributed by atoms with Gasteiger partial charge < -0.3 is 15.2 Å². The van der Waals surface area contributed by atoms with Gasteiger partial charge in [-0.15, -0.1) is 5.10 Å². The van der Waals surface area contributed by atoms with Crippen molar-refractivity contribution in [3.05, 3.63) is 35.1 Å². The van der Waals surface area contributed by atoms with E-state index in [-0.39, 0.29) is 19.1 Å². The van der Waals surface area contributed by atoms with Crippen LogP contribution in [0, 0.1) is 0 Å². The number of ether oxygens (including phenoxy) is 1. The van der Waals surface area contributed by atoms with Gasteiger partial charge in [0.1, 0.15) is 12.3 Å². The highest BCUT2D eigenvalue weighted by Crippen LogP contribution is 2.27. The molecule has 0 bridgehead atoms. The van der Waals surface area contributed by atoms with Crippen LogP contribution in [0.15, 0.2) is 24.4 Å². The Morgan fingerprint density at radius 3 is 3.05 bits per heavy atom. The Labute approximate surface area is 126 Å². The molecule has 0 aliphatic rings. The Morgan fingerprint density at radius 2 is 2.33 bits per heavy atom. The van der Waals surface area contributed by atoms with E-state index in [0.29, 0.717) is 28.6 Å². The number of hydrogen-bond acceptors (Lipinski definition) is 5. The SMILES string of the molecule is COc1ccc(Cl)cc1NC(=O)Cn1cc(CCO)nn1. The number of carbonyl (C=O) groups is 1. The molecule has 0 radical (unpaired) electrons. The van der Waals surface area contributed by atoms with Gasteiger partial charge in [-0.2, -0.15) is 0 Å². The van der Waals surface area contributed by atoms with Crippen LogP contribution in [0.1, 0.15) is 5.69 Å². The lowest BCUT2D eigenvalue weighted by Gasteiger charge is -2.10. The second kappa shape index (κ2) is 7.05. The summed E-state index contributed by atoms with van der Waals surface area (Å²) < 4.78 is 6.55. The van der Waals surface area contributed by atoms with E-state index in [9.17, 15) is 4.79 Å². The van der Waals surface area contributed by atoms with E-state index in [1.54, 1.807) is 24.4 Å². The van der Waals surface area contributed by atoms with E-state index in [1.165, 1.54) is 11.8 Å². The van der Waals surface area contributed by atoms with E-state index in [2.05, 4.69) is 15.6 Å². The minimum atomic E-state index is -0.281. The van der Waals surface area contributed by atoms with Crippen molar-refractivity contribution in [1.29, 1.82) is 0 Å². The molecule has 0 saturated carbocycles. The molecule has 7 nitrogen and oxygen atoms in total. The molecule has 1 aromatic heterocycles. The summed E-state index contributed by atoms with van der Waals surface area (Å²) in [6, 6.07) is 4.96. The first-order valence-electron chi connectivity index (χ1n) is 6.25. The molecule has 2 rings (SSSR count). The summed E-state index contributed by atoms with van der Waals surface area (Å²) >= 11 is 5.90. The van der Waals surface area contributed by atoms with Gasteiger partial charge in [0.25, 0.3) is 0 Å². The molecule has 21 heavy (non-hydrogen) atoms. The van der Waals surface area contributed by atoms with Gasteiger partial charge in [0.15, 0.2) is 0 Å². The second-order valence-electron chi connectivity index (χ2n) is 4.27. The maximum atomic E-state index is 12.0.